The van der Waals surface area contributed by atoms with E-state index < -0.39 is 18.1 Å². The molecule has 2 aromatic carbocycles. The third-order valence-electron chi connectivity index (χ3n) is 5.45. The number of benzene rings is 2. The van der Waals surface area contributed by atoms with E-state index >= 15 is 0 Å². The van der Waals surface area contributed by atoms with E-state index in [-0.39, 0.29) is 37.6 Å². The molecule has 2 atom stereocenters. The molecule has 2 N–H and O–H groups in total. The highest BCUT2D eigenvalue weighted by Gasteiger charge is 2.30. The molecule has 4 rings (SSSR count). The maximum Gasteiger partial charge on any atom is 0.286 e. The summed E-state index contributed by atoms with van der Waals surface area (Å²) in [5.41, 5.74) is 1.73. The summed E-state index contributed by atoms with van der Waals surface area (Å²) >= 11 is 0. The van der Waals surface area contributed by atoms with Gasteiger partial charge < -0.3 is 29.1 Å². The highest BCUT2D eigenvalue weighted by molar-refractivity contribution is 5.91. The van der Waals surface area contributed by atoms with Crippen LogP contribution in [0.1, 0.15) is 23.5 Å². The molecule has 0 fully saturated rings. The molecule has 178 valence electrons. The number of amides is 1. The van der Waals surface area contributed by atoms with Crippen molar-refractivity contribution in [2.24, 2.45) is 0 Å². The molecule has 0 aliphatic carbocycles. The predicted octanol–water partition coefficient (Wildman–Crippen LogP) is 2.85. The number of rotatable bonds is 10. The van der Waals surface area contributed by atoms with Crippen molar-refractivity contribution in [3.8, 4) is 0 Å². The van der Waals surface area contributed by atoms with Gasteiger partial charge in [-0.25, -0.2) is 0 Å². The smallest absolute Gasteiger partial charge is 0.286 e. The lowest BCUT2D eigenvalue weighted by molar-refractivity contribution is -0.151. The first-order chi connectivity index (χ1) is 16.7. The minimum atomic E-state index is -0.754. The minimum Gasteiger partial charge on any atom is -0.464 e. The van der Waals surface area contributed by atoms with Crippen LogP contribution in [-0.4, -0.2) is 43.7 Å². The molecule has 0 radical (unpaired) electrons. The Kier molecular flexibility index (Phi) is 8.08. The van der Waals surface area contributed by atoms with Gasteiger partial charge in [-0.05, 0) is 23.8 Å². The molecular formula is C26H27NO7. The Morgan fingerprint density at radius 2 is 1.85 bits per heavy atom. The molecule has 2 heterocycles. The second-order valence-electron chi connectivity index (χ2n) is 7.81. The van der Waals surface area contributed by atoms with E-state index in [0.29, 0.717) is 29.5 Å². The van der Waals surface area contributed by atoms with Crippen molar-refractivity contribution in [1.82, 2.24) is 5.32 Å². The lowest BCUT2D eigenvalue weighted by Crippen LogP contribution is -2.34. The molecule has 1 aliphatic heterocycles. The number of carbonyl (C=O) groups excluding carboxylic acids is 1. The fourth-order valence-electron chi connectivity index (χ4n) is 3.75. The molecule has 0 bridgehead atoms. The van der Waals surface area contributed by atoms with Crippen molar-refractivity contribution in [2.75, 3.05) is 26.4 Å². The van der Waals surface area contributed by atoms with Crippen LogP contribution in [0.4, 0.5) is 0 Å². The van der Waals surface area contributed by atoms with Gasteiger partial charge in [0.1, 0.15) is 5.58 Å². The van der Waals surface area contributed by atoms with Gasteiger partial charge in [-0.3, -0.25) is 9.59 Å². The van der Waals surface area contributed by atoms with Gasteiger partial charge in [-0.1, -0.05) is 42.5 Å². The van der Waals surface area contributed by atoms with Crippen LogP contribution in [0.15, 0.2) is 81.9 Å². The molecule has 3 aromatic rings. The van der Waals surface area contributed by atoms with Crippen LogP contribution in [0.5, 0.6) is 0 Å². The standard InChI is InChI=1S/C26H27NO7/c28-10-11-31-12-13-32-24-15-19(21-17-33-22-9-5-4-8-20(22)25(21)29)14-23(34-24)26(30)27-16-18-6-2-1-3-7-18/h1-9,14,17,19,24,28H,10-13,15-16H2,(H,27,30). The fraction of sp³-hybridized carbons (Fsp3) is 0.308. The van der Waals surface area contributed by atoms with Crippen molar-refractivity contribution in [2.45, 2.75) is 25.2 Å². The summed E-state index contributed by atoms with van der Waals surface area (Å²) in [6.45, 7) is 0.950. The summed E-state index contributed by atoms with van der Waals surface area (Å²) in [5, 5.41) is 12.1. The van der Waals surface area contributed by atoms with E-state index in [1.165, 1.54) is 6.26 Å². The molecule has 1 aliphatic rings. The van der Waals surface area contributed by atoms with Crippen LogP contribution in [0.2, 0.25) is 0 Å². The van der Waals surface area contributed by atoms with Crippen molar-refractivity contribution < 1.29 is 28.5 Å². The Bertz CT molecular complexity index is 1190. The second kappa shape index (κ2) is 11.6. The number of carbonyl (C=O) groups is 1. The highest BCUT2D eigenvalue weighted by atomic mass is 16.7. The normalized spacial score (nSPS) is 17.7. The van der Waals surface area contributed by atoms with Crippen LogP contribution in [0.3, 0.4) is 0 Å². The minimum absolute atomic E-state index is 0.0752. The van der Waals surface area contributed by atoms with Crippen molar-refractivity contribution in [3.63, 3.8) is 0 Å². The van der Waals surface area contributed by atoms with E-state index in [1.807, 2.05) is 30.3 Å². The zero-order chi connectivity index (χ0) is 23.8. The SMILES string of the molecule is O=C(NCc1ccccc1)C1=CC(c2coc3ccccc3c2=O)CC(OCCOCCO)O1. The maximum absolute atomic E-state index is 13.1. The summed E-state index contributed by atoms with van der Waals surface area (Å²) in [5.74, 6) is -0.750. The number of nitrogens with one attached hydrogen (secondary N) is 1. The van der Waals surface area contributed by atoms with Crippen molar-refractivity contribution in [1.29, 1.82) is 0 Å². The summed E-state index contributed by atoms with van der Waals surface area (Å²) in [7, 11) is 0. The number of para-hydroxylation sites is 1. The van der Waals surface area contributed by atoms with Gasteiger partial charge in [0, 0.05) is 24.4 Å². The van der Waals surface area contributed by atoms with Gasteiger partial charge in [0.2, 0.25) is 6.29 Å². The van der Waals surface area contributed by atoms with Crippen LogP contribution in [0.25, 0.3) is 11.0 Å². The average Bonchev–Trinajstić information content (AvgIpc) is 2.88. The number of hydrogen-bond donors (Lipinski definition) is 2. The molecule has 34 heavy (non-hydrogen) atoms. The summed E-state index contributed by atoms with van der Waals surface area (Å²) < 4.78 is 22.5. The third kappa shape index (κ3) is 5.91. The second-order valence-corrected chi connectivity index (χ2v) is 7.81. The van der Waals surface area contributed by atoms with E-state index in [2.05, 4.69) is 5.32 Å². The Balaban J connectivity index is 1.54. The van der Waals surface area contributed by atoms with Crippen LogP contribution < -0.4 is 10.7 Å². The maximum atomic E-state index is 13.1. The number of ether oxygens (including phenoxy) is 3. The van der Waals surface area contributed by atoms with E-state index in [4.69, 9.17) is 23.7 Å². The molecule has 0 saturated heterocycles. The first kappa shape index (κ1) is 23.7. The monoisotopic (exact) mass is 465 g/mol. The van der Waals surface area contributed by atoms with E-state index in [9.17, 15) is 9.59 Å². The Morgan fingerprint density at radius 3 is 2.68 bits per heavy atom. The van der Waals surface area contributed by atoms with Gasteiger partial charge in [0.15, 0.2) is 11.2 Å². The van der Waals surface area contributed by atoms with Gasteiger partial charge in [0.25, 0.3) is 5.91 Å². The van der Waals surface area contributed by atoms with Gasteiger partial charge in [-0.2, -0.15) is 0 Å². The van der Waals surface area contributed by atoms with E-state index in [0.717, 1.165) is 5.56 Å². The van der Waals surface area contributed by atoms with Crippen LogP contribution >= 0.6 is 0 Å². The number of fused-ring (bicyclic) bond motifs is 1. The number of aliphatic hydroxyl groups is 1. The molecule has 8 heteroatoms. The zero-order valence-corrected chi connectivity index (χ0v) is 18.6. The third-order valence-corrected chi connectivity index (χ3v) is 5.45. The van der Waals surface area contributed by atoms with Gasteiger partial charge in [0.05, 0.1) is 38.1 Å². The molecule has 1 amide bonds. The first-order valence-corrected chi connectivity index (χ1v) is 11.2. The fourth-order valence-corrected chi connectivity index (χ4v) is 3.75. The average molecular weight is 466 g/mol. The zero-order valence-electron chi connectivity index (χ0n) is 18.6. The quantitative estimate of drug-likeness (QED) is 0.444. The Morgan fingerprint density at radius 1 is 1.06 bits per heavy atom. The summed E-state index contributed by atoms with van der Waals surface area (Å²) in [6, 6.07) is 16.6. The lowest BCUT2D eigenvalue weighted by Gasteiger charge is -2.29. The largest absolute Gasteiger partial charge is 0.464 e. The molecule has 0 spiro atoms. The number of aliphatic hydroxyl groups excluding tert-OH is 1. The predicted molar refractivity (Wildman–Crippen MR) is 125 cm³/mol. The molecular weight excluding hydrogens is 438 g/mol. The molecule has 0 saturated carbocycles. The molecule has 1 aromatic heterocycles. The number of allylic oxidation sites excluding steroid dienone is 1. The topological polar surface area (TPSA) is 107 Å². The summed E-state index contributed by atoms with van der Waals surface area (Å²) in [6.07, 6.45) is 2.66. The van der Waals surface area contributed by atoms with E-state index in [1.54, 1.807) is 30.3 Å². The van der Waals surface area contributed by atoms with Gasteiger partial charge >= 0.3 is 0 Å². The van der Waals surface area contributed by atoms with Crippen LogP contribution in [0, 0.1) is 0 Å². The van der Waals surface area contributed by atoms with Gasteiger partial charge in [-0.15, -0.1) is 0 Å². The Labute approximate surface area is 196 Å². The van der Waals surface area contributed by atoms with Crippen molar-refractivity contribution >= 4 is 16.9 Å². The Hall–Kier alpha value is -3.46. The lowest BCUT2D eigenvalue weighted by atomic mass is 9.93. The summed E-state index contributed by atoms with van der Waals surface area (Å²) in [4.78, 5) is 26.0. The highest BCUT2D eigenvalue weighted by Crippen LogP contribution is 2.31. The van der Waals surface area contributed by atoms with Crippen LogP contribution in [-0.2, 0) is 25.5 Å². The van der Waals surface area contributed by atoms with Crippen molar-refractivity contribution in [3.05, 3.63) is 94.0 Å². The first-order valence-electron chi connectivity index (χ1n) is 11.2. The number of hydrogen-bond acceptors (Lipinski definition) is 7. The molecule has 2 unspecified atom stereocenters. The molecule has 8 nitrogen and oxygen atoms in total.